The number of carbonyl (C=O) groups is 2. The maximum Gasteiger partial charge on any atom is 0.160 e. The summed E-state index contributed by atoms with van der Waals surface area (Å²) in [6.45, 7) is 20.1. The second-order valence-corrected chi connectivity index (χ2v) is 25.3. The number of aliphatic hydroxyl groups is 3. The van der Waals surface area contributed by atoms with Gasteiger partial charge in [0.15, 0.2) is 5.78 Å². The molecule has 0 spiro atoms. The van der Waals surface area contributed by atoms with E-state index in [0.29, 0.717) is 69.1 Å². The van der Waals surface area contributed by atoms with Gasteiger partial charge in [-0.05, 0) is 147 Å². The number of aliphatic hydroxyl groups excluding tert-OH is 3. The van der Waals surface area contributed by atoms with Crippen LogP contribution < -0.4 is 0 Å². The van der Waals surface area contributed by atoms with Gasteiger partial charge in [0.05, 0.1) is 28.8 Å². The number of benzene rings is 1. The summed E-state index contributed by atoms with van der Waals surface area (Å²) in [7, 11) is 0. The number of aromatic nitrogens is 2. The van der Waals surface area contributed by atoms with Gasteiger partial charge in [0, 0.05) is 91.8 Å². The minimum absolute atomic E-state index is 0.00276. The van der Waals surface area contributed by atoms with Gasteiger partial charge in [0.2, 0.25) is 0 Å². The molecular weight excluding hydrogens is 837 g/mol. The quantitative estimate of drug-likeness (QED) is 0.157. The molecule has 9 nitrogen and oxygen atoms in total. The maximum atomic E-state index is 15.5. The SMILES string of the molecule is Cc1cc(Cc2c(CCO)n3c4c(c[nH]c24)CC[C@@](C)(C[C@@H](O)[C@H]2OC2(C)C)C2=C4[C@@H](C3)[C@@H](O)[C@@H]3[C@]5(C)CCC(=O)[C@@](C)(C6CCCC6)[C@@H]5CC[C@]3(C)[C@@]4(C)CC2=O)cc(C2CCOCC2)c1. The van der Waals surface area contributed by atoms with Crippen LogP contribution in [0.15, 0.2) is 35.5 Å². The number of Topliss-reactive ketones (excluding diaryl/α,β-unsaturated/α-hetero) is 2. The Morgan fingerprint density at radius 2 is 1.66 bits per heavy atom. The Morgan fingerprint density at radius 3 is 2.36 bits per heavy atom. The van der Waals surface area contributed by atoms with Crippen LogP contribution in [-0.4, -0.2) is 80.2 Å². The molecule has 11 atom stereocenters. The average molecular weight is 917 g/mol. The van der Waals surface area contributed by atoms with Crippen LogP contribution in [0.2, 0.25) is 0 Å². The molecule has 11 rings (SSSR count). The fourth-order valence-corrected chi connectivity index (χ4v) is 18.0. The highest BCUT2D eigenvalue weighted by Crippen LogP contribution is 2.76. The van der Waals surface area contributed by atoms with Crippen LogP contribution in [0.25, 0.3) is 11.0 Å². The molecule has 67 heavy (non-hydrogen) atoms. The molecule has 364 valence electrons. The third-order valence-electron chi connectivity index (χ3n) is 21.4. The van der Waals surface area contributed by atoms with Crippen molar-refractivity contribution in [2.75, 3.05) is 19.8 Å². The van der Waals surface area contributed by atoms with Gasteiger partial charge in [0.1, 0.15) is 11.9 Å². The summed E-state index contributed by atoms with van der Waals surface area (Å²) in [6.07, 6.45) is 13.5. The molecule has 9 heteroatoms. The molecule has 8 aliphatic rings. The Bertz CT molecular complexity index is 2520. The Kier molecular flexibility index (Phi) is 11.0. The minimum Gasteiger partial charge on any atom is -0.396 e. The smallest absolute Gasteiger partial charge is 0.160 e. The van der Waals surface area contributed by atoms with Gasteiger partial charge in [-0.2, -0.15) is 0 Å². The molecule has 6 fully saturated rings. The molecule has 0 amide bonds. The summed E-state index contributed by atoms with van der Waals surface area (Å²) in [4.78, 5) is 33.8. The van der Waals surface area contributed by atoms with E-state index in [-0.39, 0.29) is 41.7 Å². The van der Waals surface area contributed by atoms with Crippen LogP contribution in [0.5, 0.6) is 0 Å². The summed E-state index contributed by atoms with van der Waals surface area (Å²) >= 11 is 0. The van der Waals surface area contributed by atoms with Gasteiger partial charge in [-0.25, -0.2) is 0 Å². The molecule has 2 saturated heterocycles. The molecular formula is C58H80N2O7. The molecule has 1 aromatic carbocycles. The lowest BCUT2D eigenvalue weighted by atomic mass is 9.33. The predicted molar refractivity (Wildman–Crippen MR) is 261 cm³/mol. The maximum absolute atomic E-state index is 15.5. The van der Waals surface area contributed by atoms with E-state index in [1.165, 1.54) is 40.7 Å². The summed E-state index contributed by atoms with van der Waals surface area (Å²) in [6, 6.07) is 7.07. The zero-order valence-electron chi connectivity index (χ0n) is 42.0. The van der Waals surface area contributed by atoms with Crippen molar-refractivity contribution in [2.24, 2.45) is 50.7 Å². The first-order valence-corrected chi connectivity index (χ1v) is 26.6. The number of fused-ring (bicyclic) bond motifs is 4. The number of ether oxygens (including phenoxy) is 2. The first kappa shape index (κ1) is 46.3. The van der Waals surface area contributed by atoms with Crippen LogP contribution in [0.1, 0.15) is 171 Å². The number of H-pyrrole nitrogens is 1. The minimum atomic E-state index is -0.772. The first-order valence-electron chi connectivity index (χ1n) is 26.6. The standard InChI is InChI=1S/C58H80N2O7/c1-33-25-34(27-37(26-33)35-17-23-66-24-18-35)28-39-41(16-22-61)60-32-40-46-47(54(4,29-43(63)52-53(2,3)67-52)19-13-36-31-59-48(39)49(36)60)42(62)30-57(46,7)56(6)21-14-44-55(5,51(56)50(40)65)20-15-45(64)58(44,8)38-11-9-10-12-38/h25-27,31,35,38,40,43-44,50-52,59,61,63,65H,9-24,28-30,32H2,1-8H3/t40-,43-,44-,50-,51-,52-,54+,55-,56+,57+,58+/m1/s1. The lowest BCUT2D eigenvalue weighted by Gasteiger charge is -2.70. The molecule has 4 saturated carbocycles. The number of hydrogen-bond donors (Lipinski definition) is 4. The summed E-state index contributed by atoms with van der Waals surface area (Å²) in [5, 5.41) is 37.0. The molecule has 0 bridgehead atoms. The van der Waals surface area contributed by atoms with Crippen molar-refractivity contribution in [3.63, 3.8) is 0 Å². The summed E-state index contributed by atoms with van der Waals surface area (Å²) in [5.74, 6) is 1.10. The molecule has 2 aromatic heterocycles. The van der Waals surface area contributed by atoms with Crippen LogP contribution in [0.4, 0.5) is 0 Å². The molecule has 0 radical (unpaired) electrons. The highest BCUT2D eigenvalue weighted by molar-refractivity contribution is 6.02. The zero-order chi connectivity index (χ0) is 47.2. The normalized spacial score (nSPS) is 39.1. The Hall–Kier alpha value is -3.08. The van der Waals surface area contributed by atoms with Crippen molar-refractivity contribution in [2.45, 2.75) is 194 Å². The van der Waals surface area contributed by atoms with Crippen molar-refractivity contribution in [1.29, 1.82) is 0 Å². The number of epoxide rings is 1. The molecule has 3 aromatic rings. The Balaban J connectivity index is 1.09. The van der Waals surface area contributed by atoms with Crippen molar-refractivity contribution in [3.8, 4) is 0 Å². The van der Waals surface area contributed by atoms with Gasteiger partial charge >= 0.3 is 0 Å². The third-order valence-corrected chi connectivity index (χ3v) is 21.4. The lowest BCUT2D eigenvalue weighted by molar-refractivity contribution is -0.227. The number of ketones is 2. The number of rotatable bonds is 9. The zero-order valence-corrected chi connectivity index (χ0v) is 42.0. The monoisotopic (exact) mass is 917 g/mol. The molecule has 5 aliphatic carbocycles. The average Bonchev–Trinajstić information content (AvgIpc) is 3.80. The Morgan fingerprint density at radius 1 is 0.925 bits per heavy atom. The summed E-state index contributed by atoms with van der Waals surface area (Å²) in [5.41, 5.74) is 8.82. The second kappa shape index (κ2) is 16.0. The number of aromatic amines is 1. The molecule has 0 unspecified atom stereocenters. The number of hydrogen-bond acceptors (Lipinski definition) is 7. The fourth-order valence-electron chi connectivity index (χ4n) is 18.0. The number of nitrogens with one attached hydrogen (secondary N) is 1. The highest BCUT2D eigenvalue weighted by atomic mass is 16.6. The van der Waals surface area contributed by atoms with Crippen LogP contribution in [-0.2, 0) is 44.9 Å². The van der Waals surface area contributed by atoms with Crippen molar-refractivity contribution >= 4 is 22.6 Å². The number of nitrogens with zero attached hydrogens (tertiary/aromatic N) is 1. The molecule has 3 aliphatic heterocycles. The van der Waals surface area contributed by atoms with Crippen LogP contribution in [0.3, 0.4) is 0 Å². The van der Waals surface area contributed by atoms with E-state index in [1.807, 2.05) is 13.8 Å². The van der Waals surface area contributed by atoms with Gasteiger partial charge < -0.3 is 34.3 Å². The highest BCUT2D eigenvalue weighted by Gasteiger charge is 2.73. The van der Waals surface area contributed by atoms with E-state index in [4.69, 9.17) is 9.47 Å². The summed E-state index contributed by atoms with van der Waals surface area (Å²) < 4.78 is 14.3. The fraction of sp³-hybridized carbons (Fsp3) is 0.724. The number of aryl methyl sites for hydroxylation is 2. The van der Waals surface area contributed by atoms with Gasteiger partial charge in [-0.15, -0.1) is 0 Å². The number of carbonyl (C=O) groups excluding carboxylic acids is 2. The topological polar surface area (TPSA) is 137 Å². The molecule has 5 heterocycles. The largest absolute Gasteiger partial charge is 0.396 e. The van der Waals surface area contributed by atoms with Gasteiger partial charge in [-0.3, -0.25) is 9.59 Å². The van der Waals surface area contributed by atoms with Crippen LogP contribution in [0, 0.1) is 57.7 Å². The van der Waals surface area contributed by atoms with Crippen molar-refractivity contribution in [3.05, 3.63) is 69.1 Å². The van der Waals surface area contributed by atoms with E-state index in [9.17, 15) is 20.1 Å². The van der Waals surface area contributed by atoms with Gasteiger partial charge in [0.25, 0.3) is 0 Å². The van der Waals surface area contributed by atoms with E-state index in [2.05, 4.69) is 75.5 Å². The predicted octanol–water partition coefficient (Wildman–Crippen LogP) is 10.0. The first-order chi connectivity index (χ1) is 31.8. The van der Waals surface area contributed by atoms with E-state index >= 15 is 4.79 Å². The van der Waals surface area contributed by atoms with E-state index in [1.54, 1.807) is 0 Å². The lowest BCUT2D eigenvalue weighted by Crippen LogP contribution is -2.68. The van der Waals surface area contributed by atoms with E-state index in [0.717, 1.165) is 86.0 Å². The third kappa shape index (κ3) is 6.76. The van der Waals surface area contributed by atoms with Crippen molar-refractivity contribution in [1.82, 2.24) is 9.55 Å². The Labute approximate surface area is 399 Å². The second-order valence-electron chi connectivity index (χ2n) is 25.3. The van der Waals surface area contributed by atoms with E-state index < -0.39 is 39.5 Å². The van der Waals surface area contributed by atoms with Gasteiger partial charge in [-0.1, -0.05) is 71.2 Å². The van der Waals surface area contributed by atoms with Crippen LogP contribution >= 0.6 is 0 Å². The number of allylic oxidation sites excluding steroid dienone is 1. The molecule has 4 N–H and O–H groups in total. The van der Waals surface area contributed by atoms with Crippen molar-refractivity contribution < 1.29 is 34.4 Å².